The van der Waals surface area contributed by atoms with Crippen LogP contribution in [-0.2, 0) is 14.3 Å². The maximum absolute atomic E-state index is 11.5. The number of hydrogen-bond donors (Lipinski definition) is 0. The van der Waals surface area contributed by atoms with E-state index in [1.54, 1.807) is 6.92 Å². The van der Waals surface area contributed by atoms with Crippen LogP contribution in [0.2, 0.25) is 0 Å². The zero-order valence-electron chi connectivity index (χ0n) is 9.72. The van der Waals surface area contributed by atoms with Crippen LogP contribution in [-0.4, -0.2) is 18.9 Å². The fraction of sp³-hybridized carbons (Fsp3) is 0.818. The summed E-state index contributed by atoms with van der Waals surface area (Å²) in [6.45, 7) is 7.18. The van der Waals surface area contributed by atoms with Crippen LogP contribution in [0.5, 0.6) is 0 Å². The number of hydrogen-bond acceptors (Lipinski definition) is 3. The molecular formula is C11H20O3. The van der Waals surface area contributed by atoms with Gasteiger partial charge in [0.05, 0.1) is 12.5 Å². The number of Topliss-reactive ketones (excluding diaryl/α,β-unsaturated/α-hetero) is 1. The Kier molecular flexibility index (Phi) is 4.81. The molecule has 0 aromatic rings. The minimum atomic E-state index is -0.528. The molecule has 0 rings (SSSR count). The Hall–Kier alpha value is -0.860. The van der Waals surface area contributed by atoms with Gasteiger partial charge in [-0.3, -0.25) is 9.59 Å². The van der Waals surface area contributed by atoms with Gasteiger partial charge < -0.3 is 4.74 Å². The average molecular weight is 200 g/mol. The van der Waals surface area contributed by atoms with Crippen molar-refractivity contribution in [3.63, 3.8) is 0 Å². The van der Waals surface area contributed by atoms with Crippen LogP contribution in [0.1, 0.15) is 40.5 Å². The molecule has 14 heavy (non-hydrogen) atoms. The molecule has 2 unspecified atom stereocenters. The van der Waals surface area contributed by atoms with Gasteiger partial charge in [-0.25, -0.2) is 0 Å². The Morgan fingerprint density at radius 3 is 2.21 bits per heavy atom. The Labute approximate surface area is 85.8 Å². The largest absolute Gasteiger partial charge is 0.469 e. The highest BCUT2D eigenvalue weighted by Crippen LogP contribution is 2.31. The zero-order chi connectivity index (χ0) is 11.4. The third-order valence-corrected chi connectivity index (χ3v) is 2.91. The number of methoxy groups -OCH3 is 1. The van der Waals surface area contributed by atoms with Gasteiger partial charge in [-0.2, -0.15) is 0 Å². The van der Waals surface area contributed by atoms with E-state index in [1.807, 2.05) is 20.8 Å². The predicted octanol–water partition coefficient (Wildman–Crippen LogP) is 2.19. The summed E-state index contributed by atoms with van der Waals surface area (Å²) < 4.78 is 4.74. The lowest BCUT2D eigenvalue weighted by Crippen LogP contribution is -2.31. The fourth-order valence-corrected chi connectivity index (χ4v) is 1.44. The average Bonchev–Trinajstić information content (AvgIpc) is 2.15. The smallest absolute Gasteiger partial charge is 0.311 e. The van der Waals surface area contributed by atoms with Crippen LogP contribution in [0.3, 0.4) is 0 Å². The van der Waals surface area contributed by atoms with E-state index in [1.165, 1.54) is 7.11 Å². The molecule has 0 aromatic heterocycles. The van der Waals surface area contributed by atoms with Gasteiger partial charge in [-0.15, -0.1) is 0 Å². The molecule has 0 saturated heterocycles. The summed E-state index contributed by atoms with van der Waals surface area (Å²) in [4.78, 5) is 22.6. The van der Waals surface area contributed by atoms with Crippen molar-refractivity contribution in [2.75, 3.05) is 7.11 Å². The molecule has 0 aliphatic heterocycles. The number of carbonyl (C=O) groups is 2. The van der Waals surface area contributed by atoms with E-state index in [-0.39, 0.29) is 17.7 Å². The first-order valence-electron chi connectivity index (χ1n) is 4.96. The van der Waals surface area contributed by atoms with E-state index >= 15 is 0 Å². The summed E-state index contributed by atoms with van der Waals surface area (Å²) in [7, 11) is 1.38. The van der Waals surface area contributed by atoms with Gasteiger partial charge in [0.15, 0.2) is 0 Å². The summed E-state index contributed by atoms with van der Waals surface area (Å²) >= 11 is 0. The Morgan fingerprint density at radius 2 is 1.93 bits per heavy atom. The molecule has 0 bridgehead atoms. The molecule has 0 spiro atoms. The molecule has 0 aliphatic carbocycles. The first-order chi connectivity index (χ1) is 6.37. The van der Waals surface area contributed by atoms with Crippen LogP contribution >= 0.6 is 0 Å². The van der Waals surface area contributed by atoms with Crippen LogP contribution in [0.15, 0.2) is 0 Å². The third kappa shape index (κ3) is 3.13. The highest BCUT2D eigenvalue weighted by Gasteiger charge is 2.34. The molecule has 0 aromatic carbocycles. The lowest BCUT2D eigenvalue weighted by Gasteiger charge is -2.27. The van der Waals surface area contributed by atoms with E-state index < -0.39 is 5.41 Å². The van der Waals surface area contributed by atoms with E-state index in [9.17, 15) is 9.59 Å². The van der Waals surface area contributed by atoms with Crippen molar-refractivity contribution < 1.29 is 14.3 Å². The zero-order valence-corrected chi connectivity index (χ0v) is 9.72. The maximum atomic E-state index is 11.5. The molecule has 0 N–H and O–H groups in total. The van der Waals surface area contributed by atoms with Gasteiger partial charge in [0.1, 0.15) is 5.78 Å². The molecule has 0 radical (unpaired) electrons. The van der Waals surface area contributed by atoms with Gasteiger partial charge in [-0.1, -0.05) is 13.8 Å². The van der Waals surface area contributed by atoms with Crippen molar-refractivity contribution in [3.8, 4) is 0 Å². The second-order valence-corrected chi connectivity index (χ2v) is 4.12. The highest BCUT2D eigenvalue weighted by molar-refractivity contribution is 5.80. The number of rotatable bonds is 5. The fourth-order valence-electron chi connectivity index (χ4n) is 1.44. The molecule has 3 nitrogen and oxygen atoms in total. The quantitative estimate of drug-likeness (QED) is 0.639. The summed E-state index contributed by atoms with van der Waals surface area (Å²) in [5, 5.41) is 0. The number of ether oxygens (including phenoxy) is 1. The van der Waals surface area contributed by atoms with Crippen LogP contribution in [0.25, 0.3) is 0 Å². The van der Waals surface area contributed by atoms with Gasteiger partial charge in [0, 0.05) is 5.92 Å². The van der Waals surface area contributed by atoms with E-state index in [0.717, 1.165) is 0 Å². The Bertz CT molecular complexity index is 223. The Balaban J connectivity index is 4.55. The molecule has 0 amide bonds. The number of esters is 1. The normalized spacial score (nSPS) is 16.9. The molecule has 82 valence electrons. The first-order valence-corrected chi connectivity index (χ1v) is 4.96. The van der Waals surface area contributed by atoms with Gasteiger partial charge in [0.25, 0.3) is 0 Å². The van der Waals surface area contributed by atoms with Crippen molar-refractivity contribution >= 4 is 11.8 Å². The Morgan fingerprint density at radius 1 is 1.43 bits per heavy atom. The maximum Gasteiger partial charge on any atom is 0.311 e. The molecule has 0 fully saturated rings. The number of ketones is 1. The topological polar surface area (TPSA) is 43.4 Å². The first kappa shape index (κ1) is 13.1. The molecule has 0 saturated carbocycles. The van der Waals surface area contributed by atoms with Crippen molar-refractivity contribution in [2.24, 2.45) is 11.3 Å². The van der Waals surface area contributed by atoms with E-state index in [0.29, 0.717) is 12.8 Å². The van der Waals surface area contributed by atoms with Crippen molar-refractivity contribution in [3.05, 3.63) is 0 Å². The summed E-state index contributed by atoms with van der Waals surface area (Å²) in [6, 6.07) is 0. The van der Waals surface area contributed by atoms with Gasteiger partial charge in [0.2, 0.25) is 0 Å². The highest BCUT2D eigenvalue weighted by atomic mass is 16.5. The van der Waals surface area contributed by atoms with E-state index in [4.69, 9.17) is 4.74 Å². The van der Waals surface area contributed by atoms with Crippen molar-refractivity contribution in [2.45, 2.75) is 40.5 Å². The monoisotopic (exact) mass is 200 g/mol. The lowest BCUT2D eigenvalue weighted by molar-refractivity contribution is -0.153. The second kappa shape index (κ2) is 5.13. The summed E-state index contributed by atoms with van der Waals surface area (Å²) in [6.07, 6.45) is 1.25. The molecule has 0 aliphatic rings. The van der Waals surface area contributed by atoms with Crippen molar-refractivity contribution in [1.82, 2.24) is 0 Å². The summed E-state index contributed by atoms with van der Waals surface area (Å²) in [5.41, 5.74) is -0.528. The predicted molar refractivity (Wildman–Crippen MR) is 54.9 cm³/mol. The minimum Gasteiger partial charge on any atom is -0.469 e. The van der Waals surface area contributed by atoms with Gasteiger partial charge >= 0.3 is 5.97 Å². The standard InChI is InChI=1S/C11H20O3/c1-6-11(4,10(13)14-5)7-8(2)9(3)12/h8H,6-7H2,1-5H3. The third-order valence-electron chi connectivity index (χ3n) is 2.91. The SMILES string of the molecule is CCC(C)(CC(C)C(C)=O)C(=O)OC. The minimum absolute atomic E-state index is 0.0842. The van der Waals surface area contributed by atoms with Crippen molar-refractivity contribution in [1.29, 1.82) is 0 Å². The second-order valence-electron chi connectivity index (χ2n) is 4.12. The van der Waals surface area contributed by atoms with Crippen LogP contribution in [0, 0.1) is 11.3 Å². The molecule has 2 atom stereocenters. The molecular weight excluding hydrogens is 180 g/mol. The number of carbonyl (C=O) groups excluding carboxylic acids is 2. The molecule has 3 heteroatoms. The van der Waals surface area contributed by atoms with Crippen LogP contribution < -0.4 is 0 Å². The van der Waals surface area contributed by atoms with Gasteiger partial charge in [-0.05, 0) is 26.7 Å². The summed E-state index contributed by atoms with van der Waals surface area (Å²) in [5.74, 6) is -0.194. The van der Waals surface area contributed by atoms with E-state index in [2.05, 4.69) is 0 Å². The lowest BCUT2D eigenvalue weighted by atomic mass is 9.78. The van der Waals surface area contributed by atoms with Crippen LogP contribution in [0.4, 0.5) is 0 Å². The molecule has 0 heterocycles.